The lowest BCUT2D eigenvalue weighted by molar-refractivity contribution is -0.384. The third-order valence-electron chi connectivity index (χ3n) is 4.60. The number of aliphatic imine (C=N–C) groups is 1. The highest BCUT2D eigenvalue weighted by atomic mass is 127. The van der Waals surface area contributed by atoms with Gasteiger partial charge < -0.3 is 15.0 Å². The number of piperidine rings is 1. The average molecular weight is 496 g/mol. The third-order valence-corrected chi connectivity index (χ3v) is 4.60. The largest absolute Gasteiger partial charge is 0.490 e. The first-order chi connectivity index (χ1) is 13.2. The Morgan fingerprint density at radius 3 is 2.39 bits per heavy atom. The first kappa shape index (κ1) is 21.9. The van der Waals surface area contributed by atoms with Gasteiger partial charge >= 0.3 is 0 Å². The van der Waals surface area contributed by atoms with E-state index in [1.807, 2.05) is 30.3 Å². The number of likely N-dealkylation sites (tertiary alicyclic amines) is 1. The van der Waals surface area contributed by atoms with Crippen molar-refractivity contribution in [2.24, 2.45) is 4.99 Å². The molecular formula is C20H25IN4O3. The summed E-state index contributed by atoms with van der Waals surface area (Å²) in [6, 6.07) is 16.5. The van der Waals surface area contributed by atoms with Crippen LogP contribution in [-0.4, -0.2) is 42.0 Å². The van der Waals surface area contributed by atoms with Crippen molar-refractivity contribution < 1.29 is 9.66 Å². The molecule has 150 valence electrons. The zero-order chi connectivity index (χ0) is 19.1. The lowest BCUT2D eigenvalue weighted by Crippen LogP contribution is -2.47. The molecule has 7 nitrogen and oxygen atoms in total. The van der Waals surface area contributed by atoms with Gasteiger partial charge in [-0.25, -0.2) is 0 Å². The van der Waals surface area contributed by atoms with Crippen molar-refractivity contribution in [1.82, 2.24) is 10.2 Å². The van der Waals surface area contributed by atoms with Crippen molar-refractivity contribution in [3.63, 3.8) is 0 Å². The summed E-state index contributed by atoms with van der Waals surface area (Å²) in [6.07, 6.45) is 2.09. The maximum absolute atomic E-state index is 10.7. The number of rotatable bonds is 5. The molecule has 28 heavy (non-hydrogen) atoms. The number of benzene rings is 2. The van der Waals surface area contributed by atoms with Crippen LogP contribution in [0.1, 0.15) is 18.4 Å². The van der Waals surface area contributed by atoms with Crippen molar-refractivity contribution in [2.75, 3.05) is 20.1 Å². The molecule has 0 aliphatic carbocycles. The molecule has 1 saturated heterocycles. The second kappa shape index (κ2) is 10.8. The molecule has 1 N–H and O–H groups in total. The van der Waals surface area contributed by atoms with Crippen LogP contribution in [0.5, 0.6) is 5.75 Å². The van der Waals surface area contributed by atoms with Gasteiger partial charge in [0.05, 0.1) is 4.92 Å². The highest BCUT2D eigenvalue weighted by Gasteiger charge is 2.22. The molecule has 1 aliphatic rings. The summed E-state index contributed by atoms with van der Waals surface area (Å²) < 4.78 is 6.03. The Labute approximate surface area is 182 Å². The predicted octanol–water partition coefficient (Wildman–Crippen LogP) is 3.83. The lowest BCUT2D eigenvalue weighted by atomic mass is 10.1. The van der Waals surface area contributed by atoms with E-state index < -0.39 is 4.92 Å². The van der Waals surface area contributed by atoms with Gasteiger partial charge in [-0.05, 0) is 17.7 Å². The molecule has 0 aromatic heterocycles. The smallest absolute Gasteiger partial charge is 0.269 e. The average Bonchev–Trinajstić information content (AvgIpc) is 2.71. The summed E-state index contributed by atoms with van der Waals surface area (Å²) in [7, 11) is 1.77. The number of para-hydroxylation sites is 1. The second-order valence-corrected chi connectivity index (χ2v) is 6.44. The number of nitrogens with zero attached hydrogens (tertiary/aromatic N) is 3. The summed E-state index contributed by atoms with van der Waals surface area (Å²) in [4.78, 5) is 16.9. The van der Waals surface area contributed by atoms with E-state index in [-0.39, 0.29) is 35.8 Å². The summed E-state index contributed by atoms with van der Waals surface area (Å²) >= 11 is 0. The number of guanidine groups is 1. The third kappa shape index (κ3) is 6.08. The maximum atomic E-state index is 10.7. The Kier molecular flexibility index (Phi) is 8.49. The number of nitro groups is 1. The molecule has 2 aromatic carbocycles. The zero-order valence-electron chi connectivity index (χ0n) is 15.8. The quantitative estimate of drug-likeness (QED) is 0.224. The molecular weight excluding hydrogens is 471 g/mol. The molecule has 2 aromatic rings. The van der Waals surface area contributed by atoms with Gasteiger partial charge in [-0.1, -0.05) is 30.3 Å². The molecule has 3 rings (SSSR count). The summed E-state index contributed by atoms with van der Waals surface area (Å²) in [5.74, 6) is 1.75. The fourth-order valence-corrected chi connectivity index (χ4v) is 3.13. The Hall–Kier alpha value is -2.36. The van der Waals surface area contributed by atoms with Gasteiger partial charge in [0.1, 0.15) is 11.9 Å². The second-order valence-electron chi connectivity index (χ2n) is 6.44. The topological polar surface area (TPSA) is 80.0 Å². The minimum atomic E-state index is -0.391. The molecule has 0 spiro atoms. The molecule has 1 fully saturated rings. The van der Waals surface area contributed by atoms with Gasteiger partial charge in [0.15, 0.2) is 5.96 Å². The zero-order valence-corrected chi connectivity index (χ0v) is 18.1. The first-order valence-electron chi connectivity index (χ1n) is 9.06. The Morgan fingerprint density at radius 2 is 1.82 bits per heavy atom. The van der Waals surface area contributed by atoms with Crippen LogP contribution in [0.4, 0.5) is 5.69 Å². The van der Waals surface area contributed by atoms with E-state index in [4.69, 9.17) is 4.74 Å². The van der Waals surface area contributed by atoms with Crippen LogP contribution < -0.4 is 10.1 Å². The van der Waals surface area contributed by atoms with Crippen molar-refractivity contribution in [3.05, 3.63) is 70.3 Å². The molecule has 0 amide bonds. The Morgan fingerprint density at radius 1 is 1.18 bits per heavy atom. The van der Waals surface area contributed by atoms with Crippen molar-refractivity contribution in [2.45, 2.75) is 25.5 Å². The minimum Gasteiger partial charge on any atom is -0.490 e. The van der Waals surface area contributed by atoms with Gasteiger partial charge in [0.25, 0.3) is 5.69 Å². The monoisotopic (exact) mass is 496 g/mol. The highest BCUT2D eigenvalue weighted by molar-refractivity contribution is 14.0. The van der Waals surface area contributed by atoms with Crippen LogP contribution in [-0.2, 0) is 6.54 Å². The molecule has 0 radical (unpaired) electrons. The fraction of sp³-hybridized carbons (Fsp3) is 0.350. The van der Waals surface area contributed by atoms with E-state index in [0.29, 0.717) is 6.54 Å². The van der Waals surface area contributed by atoms with Crippen LogP contribution in [0.3, 0.4) is 0 Å². The SMILES string of the molecule is CN=C(NCc1ccc([N+](=O)[O-])cc1)N1CCC(Oc2ccccc2)CC1.I. The first-order valence-corrected chi connectivity index (χ1v) is 9.06. The van der Waals surface area contributed by atoms with Gasteiger partial charge in [0, 0.05) is 51.7 Å². The Balaban J connectivity index is 0.00000280. The van der Waals surface area contributed by atoms with E-state index in [1.54, 1.807) is 19.2 Å². The molecule has 1 heterocycles. The van der Waals surface area contributed by atoms with E-state index in [9.17, 15) is 10.1 Å². The van der Waals surface area contributed by atoms with Crippen molar-refractivity contribution in [3.8, 4) is 5.75 Å². The summed E-state index contributed by atoms with van der Waals surface area (Å²) in [5.41, 5.74) is 1.08. The van der Waals surface area contributed by atoms with E-state index in [0.717, 1.165) is 43.2 Å². The maximum Gasteiger partial charge on any atom is 0.269 e. The molecule has 8 heteroatoms. The Bertz CT molecular complexity index is 776. The van der Waals surface area contributed by atoms with E-state index in [2.05, 4.69) is 15.2 Å². The van der Waals surface area contributed by atoms with Crippen molar-refractivity contribution in [1.29, 1.82) is 0 Å². The minimum absolute atomic E-state index is 0. The predicted molar refractivity (Wildman–Crippen MR) is 120 cm³/mol. The van der Waals surface area contributed by atoms with Crippen molar-refractivity contribution >= 4 is 35.6 Å². The van der Waals surface area contributed by atoms with Gasteiger partial charge in [-0.15, -0.1) is 24.0 Å². The normalized spacial score (nSPS) is 14.9. The number of non-ortho nitro benzene ring substituents is 1. The van der Waals surface area contributed by atoms with Crippen LogP contribution in [0.15, 0.2) is 59.6 Å². The van der Waals surface area contributed by atoms with Gasteiger partial charge in [-0.3, -0.25) is 15.1 Å². The summed E-state index contributed by atoms with van der Waals surface area (Å²) in [5, 5.41) is 14.1. The molecule has 0 bridgehead atoms. The standard InChI is InChI=1S/C20H24N4O3.HI/c1-21-20(22-15-16-7-9-17(10-8-16)24(25)26)23-13-11-19(12-14-23)27-18-5-3-2-4-6-18;/h2-10,19H,11-15H2,1H3,(H,21,22);1H. The highest BCUT2D eigenvalue weighted by Crippen LogP contribution is 2.19. The molecule has 1 aliphatic heterocycles. The number of nitro benzene ring substituents is 1. The number of hydrogen-bond donors (Lipinski definition) is 1. The number of hydrogen-bond acceptors (Lipinski definition) is 4. The van der Waals surface area contributed by atoms with E-state index in [1.165, 1.54) is 12.1 Å². The number of ether oxygens (including phenoxy) is 1. The van der Waals surface area contributed by atoms with Crippen LogP contribution in [0.2, 0.25) is 0 Å². The van der Waals surface area contributed by atoms with Crippen LogP contribution in [0, 0.1) is 10.1 Å². The summed E-state index contributed by atoms with van der Waals surface area (Å²) in [6.45, 7) is 2.32. The van der Waals surface area contributed by atoms with Crippen LogP contribution >= 0.6 is 24.0 Å². The number of halogens is 1. The molecule has 0 unspecified atom stereocenters. The fourth-order valence-electron chi connectivity index (χ4n) is 3.13. The van der Waals surface area contributed by atoms with Crippen LogP contribution in [0.25, 0.3) is 0 Å². The lowest BCUT2D eigenvalue weighted by Gasteiger charge is -2.34. The molecule has 0 saturated carbocycles. The van der Waals surface area contributed by atoms with Gasteiger partial charge in [0.2, 0.25) is 0 Å². The molecule has 0 atom stereocenters. The number of nitrogens with one attached hydrogen (secondary N) is 1. The van der Waals surface area contributed by atoms with E-state index >= 15 is 0 Å². The van der Waals surface area contributed by atoms with Gasteiger partial charge in [-0.2, -0.15) is 0 Å².